The Morgan fingerprint density at radius 2 is 1.65 bits per heavy atom. The van der Waals surface area contributed by atoms with Gasteiger partial charge in [0.15, 0.2) is 0 Å². The van der Waals surface area contributed by atoms with Crippen molar-refractivity contribution in [3.05, 3.63) is 54.1 Å². The molecular formula is C17H17N3. The Morgan fingerprint density at radius 1 is 1.00 bits per heavy atom. The van der Waals surface area contributed by atoms with Crippen molar-refractivity contribution in [1.82, 2.24) is 0 Å². The minimum absolute atomic E-state index is 0.458. The van der Waals surface area contributed by atoms with E-state index in [1.807, 2.05) is 24.3 Å². The molecule has 3 rings (SSSR count). The molecule has 0 bridgehead atoms. The molecule has 1 aliphatic rings. The van der Waals surface area contributed by atoms with Gasteiger partial charge in [-0.15, -0.1) is 0 Å². The number of hydrogen-bond donors (Lipinski definition) is 0. The zero-order valence-electron chi connectivity index (χ0n) is 11.7. The predicted molar refractivity (Wildman–Crippen MR) is 82.2 cm³/mol. The second kappa shape index (κ2) is 4.90. The Kier molecular flexibility index (Phi) is 3.08. The van der Waals surface area contributed by atoms with Crippen LogP contribution in [0.2, 0.25) is 0 Å². The van der Waals surface area contributed by atoms with Gasteiger partial charge < -0.3 is 9.80 Å². The van der Waals surface area contributed by atoms with E-state index in [4.69, 9.17) is 5.26 Å². The number of benzene rings is 2. The first-order valence-electron chi connectivity index (χ1n) is 6.84. The summed E-state index contributed by atoms with van der Waals surface area (Å²) in [5.74, 6) is 0. The molecule has 2 aromatic carbocycles. The molecular weight excluding hydrogens is 246 g/mol. The highest BCUT2D eigenvalue weighted by Gasteiger charge is 2.27. The summed E-state index contributed by atoms with van der Waals surface area (Å²) >= 11 is 0. The molecule has 0 spiro atoms. The van der Waals surface area contributed by atoms with Gasteiger partial charge in [-0.3, -0.25) is 0 Å². The fourth-order valence-corrected chi connectivity index (χ4v) is 2.62. The molecule has 100 valence electrons. The van der Waals surface area contributed by atoms with Crippen LogP contribution in [0.25, 0.3) is 0 Å². The number of nitriles is 1. The Morgan fingerprint density at radius 3 is 2.25 bits per heavy atom. The molecule has 0 amide bonds. The van der Waals surface area contributed by atoms with Crippen LogP contribution >= 0.6 is 0 Å². The Balaban J connectivity index is 2.01. The number of fused-ring (bicyclic) bond motifs is 1. The third-order valence-electron chi connectivity index (χ3n) is 3.71. The van der Waals surface area contributed by atoms with E-state index in [0.717, 1.165) is 12.4 Å². The van der Waals surface area contributed by atoms with E-state index in [1.54, 1.807) is 0 Å². The van der Waals surface area contributed by atoms with Gasteiger partial charge in [-0.05, 0) is 50.2 Å². The highest BCUT2D eigenvalue weighted by molar-refractivity contribution is 5.82. The highest BCUT2D eigenvalue weighted by Crippen LogP contribution is 2.41. The molecule has 0 fully saturated rings. The first kappa shape index (κ1) is 12.6. The molecule has 0 aromatic heterocycles. The molecule has 3 heteroatoms. The average molecular weight is 263 g/mol. The van der Waals surface area contributed by atoms with E-state index in [9.17, 15) is 0 Å². The highest BCUT2D eigenvalue weighted by atomic mass is 15.4. The zero-order chi connectivity index (χ0) is 14.1. The topological polar surface area (TPSA) is 30.3 Å². The molecule has 0 saturated heterocycles. The van der Waals surface area contributed by atoms with Gasteiger partial charge >= 0.3 is 0 Å². The number of anilines is 3. The lowest BCUT2D eigenvalue weighted by Crippen LogP contribution is -2.33. The zero-order valence-corrected chi connectivity index (χ0v) is 11.7. The van der Waals surface area contributed by atoms with Gasteiger partial charge in [-0.2, -0.15) is 5.26 Å². The second-order valence-electron chi connectivity index (χ2n) is 5.28. The van der Waals surface area contributed by atoms with Crippen LogP contribution in [0.15, 0.2) is 48.5 Å². The van der Waals surface area contributed by atoms with Gasteiger partial charge in [0.1, 0.15) is 0 Å². The largest absolute Gasteiger partial charge is 0.349 e. The van der Waals surface area contributed by atoms with E-state index in [2.05, 4.69) is 54.0 Å². The van der Waals surface area contributed by atoms with Crippen LogP contribution < -0.4 is 9.80 Å². The number of para-hydroxylation sites is 2. The summed E-state index contributed by atoms with van der Waals surface area (Å²) in [6.07, 6.45) is 0. The van der Waals surface area contributed by atoms with Crippen LogP contribution in [0, 0.1) is 11.3 Å². The van der Waals surface area contributed by atoms with Crippen molar-refractivity contribution in [2.24, 2.45) is 0 Å². The third-order valence-corrected chi connectivity index (χ3v) is 3.71. The van der Waals surface area contributed by atoms with Gasteiger partial charge in [0.2, 0.25) is 0 Å². The van der Waals surface area contributed by atoms with Crippen LogP contribution in [0.3, 0.4) is 0 Å². The van der Waals surface area contributed by atoms with Gasteiger partial charge in [0.25, 0.3) is 0 Å². The van der Waals surface area contributed by atoms with E-state index >= 15 is 0 Å². The smallest absolute Gasteiger partial charge is 0.0991 e. The summed E-state index contributed by atoms with van der Waals surface area (Å²) in [4.78, 5) is 4.67. The fraction of sp³-hybridized carbons (Fsp3) is 0.235. The lowest BCUT2D eigenvalue weighted by Gasteiger charge is -2.25. The molecule has 0 N–H and O–H groups in total. The van der Waals surface area contributed by atoms with Crippen molar-refractivity contribution < 1.29 is 0 Å². The summed E-state index contributed by atoms with van der Waals surface area (Å²) < 4.78 is 0. The fourth-order valence-electron chi connectivity index (χ4n) is 2.62. The van der Waals surface area contributed by atoms with E-state index in [-0.39, 0.29) is 0 Å². The molecule has 0 aliphatic carbocycles. The Hall–Kier alpha value is -2.47. The first-order valence-corrected chi connectivity index (χ1v) is 6.84. The van der Waals surface area contributed by atoms with Crippen molar-refractivity contribution in [3.8, 4) is 6.07 Å². The van der Waals surface area contributed by atoms with Crippen molar-refractivity contribution in [1.29, 1.82) is 5.26 Å². The number of rotatable bonds is 2. The molecule has 0 unspecified atom stereocenters. The van der Waals surface area contributed by atoms with Gasteiger partial charge in [-0.1, -0.05) is 12.1 Å². The SMILES string of the molecule is CC(C)N1CN(c2ccc(C#N)cc2)c2ccccc21. The maximum Gasteiger partial charge on any atom is 0.0991 e. The summed E-state index contributed by atoms with van der Waals surface area (Å²) in [6, 6.07) is 18.9. The summed E-state index contributed by atoms with van der Waals surface area (Å²) in [7, 11) is 0. The third kappa shape index (κ3) is 2.00. The van der Waals surface area contributed by atoms with Crippen molar-refractivity contribution in [2.75, 3.05) is 16.5 Å². The monoisotopic (exact) mass is 263 g/mol. The molecule has 0 radical (unpaired) electrons. The van der Waals surface area contributed by atoms with Crippen molar-refractivity contribution >= 4 is 17.1 Å². The van der Waals surface area contributed by atoms with E-state index in [1.165, 1.54) is 11.4 Å². The molecule has 3 nitrogen and oxygen atoms in total. The summed E-state index contributed by atoms with van der Waals surface area (Å²) in [6.45, 7) is 5.26. The van der Waals surface area contributed by atoms with Gasteiger partial charge in [-0.25, -0.2) is 0 Å². The van der Waals surface area contributed by atoms with E-state index in [0.29, 0.717) is 11.6 Å². The van der Waals surface area contributed by atoms with Crippen LogP contribution in [0.4, 0.5) is 17.1 Å². The lowest BCUT2D eigenvalue weighted by molar-refractivity contribution is 0.709. The quantitative estimate of drug-likeness (QED) is 0.823. The van der Waals surface area contributed by atoms with Crippen LogP contribution in [-0.4, -0.2) is 12.7 Å². The van der Waals surface area contributed by atoms with Crippen LogP contribution in [0.1, 0.15) is 19.4 Å². The molecule has 20 heavy (non-hydrogen) atoms. The molecule has 0 saturated carbocycles. The van der Waals surface area contributed by atoms with Crippen molar-refractivity contribution in [3.63, 3.8) is 0 Å². The summed E-state index contributed by atoms with van der Waals surface area (Å²) in [5, 5.41) is 8.89. The minimum atomic E-state index is 0.458. The number of nitrogens with zero attached hydrogens (tertiary/aromatic N) is 3. The molecule has 2 aromatic rings. The minimum Gasteiger partial charge on any atom is -0.349 e. The standard InChI is InChI=1S/C17H17N3/c1-13(2)19-12-20(17-6-4-3-5-16(17)19)15-9-7-14(11-18)8-10-15/h3-10,13H,12H2,1-2H3. The molecule has 1 aliphatic heterocycles. The van der Waals surface area contributed by atoms with Crippen molar-refractivity contribution in [2.45, 2.75) is 19.9 Å². The first-order chi connectivity index (χ1) is 9.70. The van der Waals surface area contributed by atoms with Crippen LogP contribution in [0.5, 0.6) is 0 Å². The second-order valence-corrected chi connectivity index (χ2v) is 5.28. The Bertz CT molecular complexity index is 653. The molecule has 1 heterocycles. The predicted octanol–water partition coefficient (Wildman–Crippen LogP) is 3.88. The van der Waals surface area contributed by atoms with Gasteiger partial charge in [0.05, 0.1) is 29.7 Å². The molecule has 0 atom stereocenters. The average Bonchev–Trinajstić information content (AvgIpc) is 2.87. The Labute approximate surface area is 119 Å². The normalized spacial score (nSPS) is 13.5. The van der Waals surface area contributed by atoms with Crippen LogP contribution in [-0.2, 0) is 0 Å². The lowest BCUT2D eigenvalue weighted by atomic mass is 10.2. The maximum absolute atomic E-state index is 8.89. The summed E-state index contributed by atoms with van der Waals surface area (Å²) in [5.41, 5.74) is 4.32. The number of hydrogen-bond acceptors (Lipinski definition) is 3. The van der Waals surface area contributed by atoms with E-state index < -0.39 is 0 Å². The van der Waals surface area contributed by atoms with Gasteiger partial charge in [0, 0.05) is 11.7 Å². The maximum atomic E-state index is 8.89.